The highest BCUT2D eigenvalue weighted by molar-refractivity contribution is 7.90. The summed E-state index contributed by atoms with van der Waals surface area (Å²) in [5, 5.41) is 3.07. The monoisotopic (exact) mass is 456 g/mol. The van der Waals surface area contributed by atoms with E-state index in [0.29, 0.717) is 43.0 Å². The van der Waals surface area contributed by atoms with E-state index in [1.807, 2.05) is 6.92 Å². The Morgan fingerprint density at radius 2 is 1.56 bits per heavy atom. The van der Waals surface area contributed by atoms with Crippen molar-refractivity contribution in [2.45, 2.75) is 50.3 Å². The number of amides is 2. The molecule has 172 valence electrons. The van der Waals surface area contributed by atoms with Crippen LogP contribution in [0.2, 0.25) is 0 Å². The third-order valence-corrected chi connectivity index (χ3v) is 7.89. The summed E-state index contributed by atoms with van der Waals surface area (Å²) < 4.78 is 25.1. The van der Waals surface area contributed by atoms with Crippen molar-refractivity contribution in [2.75, 3.05) is 13.1 Å². The lowest BCUT2D eigenvalue weighted by Crippen LogP contribution is -2.45. The first-order valence-electron chi connectivity index (χ1n) is 11.1. The molecular formula is C25H32N2O4S. The van der Waals surface area contributed by atoms with Crippen molar-refractivity contribution in [1.29, 1.82) is 0 Å². The second-order valence-electron chi connectivity index (χ2n) is 8.88. The number of carbonyl (C=O) groups is 2. The van der Waals surface area contributed by atoms with Crippen molar-refractivity contribution in [1.82, 2.24) is 10.2 Å². The Bertz CT molecular complexity index is 1030. The molecule has 6 nitrogen and oxygen atoms in total. The van der Waals surface area contributed by atoms with E-state index >= 15 is 0 Å². The van der Waals surface area contributed by atoms with E-state index < -0.39 is 9.84 Å². The average molecular weight is 457 g/mol. The minimum Gasteiger partial charge on any atom is -0.353 e. The SMILES string of the molecule is CC(C)C(C)NC(=O)C1CCN(C(=O)c2ccc(CS(=O)(=O)c3ccccc3)cc2)CC1. The summed E-state index contributed by atoms with van der Waals surface area (Å²) >= 11 is 0. The lowest BCUT2D eigenvalue weighted by molar-refractivity contribution is -0.127. The van der Waals surface area contributed by atoms with E-state index in [2.05, 4.69) is 19.2 Å². The first kappa shape index (κ1) is 24.0. The van der Waals surface area contributed by atoms with Gasteiger partial charge in [-0.3, -0.25) is 9.59 Å². The second kappa shape index (κ2) is 10.3. The molecule has 3 rings (SSSR count). The van der Waals surface area contributed by atoms with Crippen LogP contribution in [0.5, 0.6) is 0 Å². The number of carbonyl (C=O) groups excluding carboxylic acids is 2. The van der Waals surface area contributed by atoms with Gasteiger partial charge in [0, 0.05) is 30.6 Å². The lowest BCUT2D eigenvalue weighted by atomic mass is 9.94. The molecule has 1 heterocycles. The average Bonchev–Trinajstić information content (AvgIpc) is 2.79. The number of sulfone groups is 1. The van der Waals surface area contributed by atoms with Gasteiger partial charge in [0.25, 0.3) is 5.91 Å². The third-order valence-electron chi connectivity index (χ3n) is 6.18. The van der Waals surface area contributed by atoms with Crippen molar-refractivity contribution in [3.05, 3.63) is 65.7 Å². The molecule has 32 heavy (non-hydrogen) atoms. The van der Waals surface area contributed by atoms with Gasteiger partial charge >= 0.3 is 0 Å². The van der Waals surface area contributed by atoms with Crippen LogP contribution in [-0.4, -0.2) is 44.3 Å². The summed E-state index contributed by atoms with van der Waals surface area (Å²) in [7, 11) is -3.43. The molecule has 1 N–H and O–H groups in total. The summed E-state index contributed by atoms with van der Waals surface area (Å²) in [6, 6.07) is 15.2. The molecule has 1 aliphatic rings. The quantitative estimate of drug-likeness (QED) is 0.689. The minimum absolute atomic E-state index is 0.0641. The summed E-state index contributed by atoms with van der Waals surface area (Å²) in [5.41, 5.74) is 1.17. The highest BCUT2D eigenvalue weighted by atomic mass is 32.2. The molecular weight excluding hydrogens is 424 g/mol. The van der Waals surface area contributed by atoms with Gasteiger partial charge in [0.2, 0.25) is 5.91 Å². The molecule has 2 aromatic rings. The zero-order valence-corrected chi connectivity index (χ0v) is 19.8. The fourth-order valence-corrected chi connectivity index (χ4v) is 5.08. The zero-order valence-electron chi connectivity index (χ0n) is 19.0. The van der Waals surface area contributed by atoms with Gasteiger partial charge < -0.3 is 10.2 Å². The van der Waals surface area contributed by atoms with Gasteiger partial charge in [-0.1, -0.05) is 44.2 Å². The van der Waals surface area contributed by atoms with Crippen molar-refractivity contribution in [3.63, 3.8) is 0 Å². The van der Waals surface area contributed by atoms with Crippen LogP contribution in [0.1, 0.15) is 49.5 Å². The predicted octanol–water partition coefficient (Wildman–Crippen LogP) is 3.67. The van der Waals surface area contributed by atoms with Crippen LogP contribution in [0, 0.1) is 11.8 Å². The van der Waals surface area contributed by atoms with Gasteiger partial charge in [-0.25, -0.2) is 8.42 Å². The maximum Gasteiger partial charge on any atom is 0.253 e. The van der Waals surface area contributed by atoms with E-state index in [4.69, 9.17) is 0 Å². The maximum absolute atomic E-state index is 12.9. The van der Waals surface area contributed by atoms with Gasteiger partial charge in [-0.05, 0) is 55.5 Å². The molecule has 0 saturated carbocycles. The molecule has 0 bridgehead atoms. The van der Waals surface area contributed by atoms with Gasteiger partial charge in [0.1, 0.15) is 0 Å². The molecule has 1 atom stereocenters. The summed E-state index contributed by atoms with van der Waals surface area (Å²) in [6.45, 7) is 7.24. The molecule has 0 spiro atoms. The largest absolute Gasteiger partial charge is 0.353 e. The number of piperidine rings is 1. The molecule has 1 aliphatic heterocycles. The molecule has 2 amide bonds. The smallest absolute Gasteiger partial charge is 0.253 e. The lowest BCUT2D eigenvalue weighted by Gasteiger charge is -2.32. The van der Waals surface area contributed by atoms with Crippen LogP contribution in [0.3, 0.4) is 0 Å². The van der Waals surface area contributed by atoms with Gasteiger partial charge in [-0.15, -0.1) is 0 Å². The van der Waals surface area contributed by atoms with E-state index in [1.54, 1.807) is 59.5 Å². The van der Waals surface area contributed by atoms with E-state index in [9.17, 15) is 18.0 Å². The Balaban J connectivity index is 1.56. The van der Waals surface area contributed by atoms with Crippen LogP contribution in [0.25, 0.3) is 0 Å². The molecule has 7 heteroatoms. The molecule has 0 aliphatic carbocycles. The van der Waals surface area contributed by atoms with Crippen LogP contribution in [-0.2, 0) is 20.4 Å². The van der Waals surface area contributed by atoms with Crippen LogP contribution < -0.4 is 5.32 Å². The van der Waals surface area contributed by atoms with Gasteiger partial charge in [0.15, 0.2) is 9.84 Å². The third kappa shape index (κ3) is 5.97. The molecule has 1 unspecified atom stereocenters. The Morgan fingerprint density at radius 1 is 0.969 bits per heavy atom. The molecule has 0 aromatic heterocycles. The van der Waals surface area contributed by atoms with Crippen molar-refractivity contribution >= 4 is 21.7 Å². The van der Waals surface area contributed by atoms with Crippen LogP contribution >= 0.6 is 0 Å². The number of rotatable bonds is 7. The van der Waals surface area contributed by atoms with Gasteiger partial charge in [0.05, 0.1) is 10.6 Å². The van der Waals surface area contributed by atoms with Crippen molar-refractivity contribution in [3.8, 4) is 0 Å². The first-order valence-corrected chi connectivity index (χ1v) is 12.8. The number of nitrogens with one attached hydrogen (secondary N) is 1. The Morgan fingerprint density at radius 3 is 2.12 bits per heavy atom. The van der Waals surface area contributed by atoms with E-state index in [-0.39, 0.29) is 34.4 Å². The first-order chi connectivity index (χ1) is 15.2. The molecule has 0 radical (unpaired) electrons. The Hall–Kier alpha value is -2.67. The maximum atomic E-state index is 12.9. The molecule has 1 fully saturated rings. The van der Waals surface area contributed by atoms with Gasteiger partial charge in [-0.2, -0.15) is 0 Å². The highest BCUT2D eigenvalue weighted by Crippen LogP contribution is 2.21. The van der Waals surface area contributed by atoms with Crippen LogP contribution in [0.4, 0.5) is 0 Å². The Kier molecular flexibility index (Phi) is 7.72. The number of likely N-dealkylation sites (tertiary alicyclic amines) is 1. The second-order valence-corrected chi connectivity index (χ2v) is 10.9. The summed E-state index contributed by atoms with van der Waals surface area (Å²) in [5.74, 6) is 0.192. The normalized spacial score (nSPS) is 16.1. The van der Waals surface area contributed by atoms with Crippen molar-refractivity contribution in [2.24, 2.45) is 11.8 Å². The minimum atomic E-state index is -3.43. The number of hydrogen-bond acceptors (Lipinski definition) is 4. The molecule has 2 aromatic carbocycles. The predicted molar refractivity (Wildman–Crippen MR) is 125 cm³/mol. The fraction of sp³-hybridized carbons (Fsp3) is 0.440. The highest BCUT2D eigenvalue weighted by Gasteiger charge is 2.28. The van der Waals surface area contributed by atoms with E-state index in [1.165, 1.54) is 0 Å². The number of hydrogen-bond donors (Lipinski definition) is 1. The zero-order chi connectivity index (χ0) is 23.3. The summed E-state index contributed by atoms with van der Waals surface area (Å²) in [6.07, 6.45) is 1.30. The molecule has 1 saturated heterocycles. The fourth-order valence-electron chi connectivity index (χ4n) is 3.71. The van der Waals surface area contributed by atoms with E-state index in [0.717, 1.165) is 0 Å². The number of benzene rings is 2. The Labute approximate surface area is 190 Å². The summed E-state index contributed by atoms with van der Waals surface area (Å²) in [4.78, 5) is 27.4. The van der Waals surface area contributed by atoms with Crippen LogP contribution in [0.15, 0.2) is 59.5 Å². The number of nitrogens with zero attached hydrogens (tertiary/aromatic N) is 1. The standard InChI is InChI=1S/C25H32N2O4S/c1-18(2)19(3)26-24(28)21-13-15-27(16-14-21)25(29)22-11-9-20(10-12-22)17-32(30,31)23-7-5-4-6-8-23/h4-12,18-19,21H,13-17H2,1-3H3,(H,26,28). The van der Waals surface area contributed by atoms with Crippen molar-refractivity contribution < 1.29 is 18.0 Å². The topological polar surface area (TPSA) is 83.6 Å².